The average Bonchev–Trinajstić information content (AvgIpc) is 3.26. The number of carbonyl (C=O) groups is 2. The van der Waals surface area contributed by atoms with Crippen LogP contribution >= 0.6 is 15.9 Å². The van der Waals surface area contributed by atoms with Crippen molar-refractivity contribution in [2.75, 3.05) is 11.4 Å². The van der Waals surface area contributed by atoms with E-state index in [1.807, 2.05) is 30.3 Å². The van der Waals surface area contributed by atoms with E-state index in [0.29, 0.717) is 27.2 Å². The van der Waals surface area contributed by atoms with E-state index in [9.17, 15) is 27.2 Å². The monoisotopic (exact) mass is 600 g/mol. The van der Waals surface area contributed by atoms with Gasteiger partial charge in [0, 0.05) is 23.6 Å². The molecule has 2 amide bonds. The molecule has 0 radical (unpaired) electrons. The lowest BCUT2D eigenvalue weighted by atomic mass is 9.82. The first-order valence-electron chi connectivity index (χ1n) is 12.0. The van der Waals surface area contributed by atoms with Gasteiger partial charge in [-0.3, -0.25) is 14.5 Å². The first-order valence-corrected chi connectivity index (χ1v) is 12.8. The molecule has 0 saturated heterocycles. The molecule has 0 spiro atoms. The van der Waals surface area contributed by atoms with E-state index >= 15 is 0 Å². The molecule has 0 fully saturated rings. The fraction of sp³-hybridized carbons (Fsp3) is 0.179. The molecule has 0 unspecified atom stereocenters. The Balaban J connectivity index is 1.65. The van der Waals surface area contributed by atoms with Crippen LogP contribution in [0.15, 0.2) is 83.5 Å². The number of aromatic nitrogens is 2. The fourth-order valence-corrected chi connectivity index (χ4v) is 5.38. The Morgan fingerprint density at radius 2 is 1.72 bits per heavy atom. The first kappa shape index (κ1) is 26.6. The number of para-hydroxylation sites is 1. The molecule has 3 aromatic carbocycles. The quantitative estimate of drug-likeness (QED) is 0.282. The van der Waals surface area contributed by atoms with Crippen molar-refractivity contribution in [3.05, 3.63) is 112 Å². The molecule has 2 heterocycles. The third-order valence-electron chi connectivity index (χ3n) is 6.57. The maximum Gasteiger partial charge on any atom is 0.416 e. The first-order chi connectivity index (χ1) is 18.6. The lowest BCUT2D eigenvalue weighted by molar-refractivity contribution is -0.137. The SMILES string of the molecule is CCN1C(=O)[C@H](NC(=O)c2cccc(C(F)(F)F)c2)[C@@H](c2ccc(F)cc2)c2c(Br)nn(-c3ccccc3)c21. The number of fused-ring (bicyclic) bond motifs is 1. The zero-order chi connectivity index (χ0) is 27.9. The van der Waals surface area contributed by atoms with Crippen LogP contribution in [-0.4, -0.2) is 34.2 Å². The summed E-state index contributed by atoms with van der Waals surface area (Å²) in [6.45, 7) is 1.99. The summed E-state index contributed by atoms with van der Waals surface area (Å²) >= 11 is 3.52. The number of carbonyl (C=O) groups excluding carboxylic acids is 2. The molecular formula is C28H21BrF4N4O2. The molecular weight excluding hydrogens is 580 g/mol. The van der Waals surface area contributed by atoms with Gasteiger partial charge in [-0.05, 0) is 70.9 Å². The van der Waals surface area contributed by atoms with E-state index in [-0.39, 0.29) is 12.1 Å². The minimum Gasteiger partial charge on any atom is -0.339 e. The van der Waals surface area contributed by atoms with Gasteiger partial charge in [0.1, 0.15) is 22.3 Å². The predicted molar refractivity (Wildman–Crippen MR) is 140 cm³/mol. The lowest BCUT2D eigenvalue weighted by Gasteiger charge is -2.38. The summed E-state index contributed by atoms with van der Waals surface area (Å²) in [5.74, 6) is -2.17. The van der Waals surface area contributed by atoms with Gasteiger partial charge in [0.25, 0.3) is 11.8 Å². The Morgan fingerprint density at radius 1 is 1.03 bits per heavy atom. The number of nitrogens with zero attached hydrogens (tertiary/aromatic N) is 3. The summed E-state index contributed by atoms with van der Waals surface area (Å²) in [6.07, 6.45) is -4.64. The van der Waals surface area contributed by atoms with Gasteiger partial charge >= 0.3 is 6.18 Å². The molecule has 1 aliphatic heterocycles. The van der Waals surface area contributed by atoms with Crippen LogP contribution < -0.4 is 10.2 Å². The molecule has 1 aliphatic rings. The van der Waals surface area contributed by atoms with Gasteiger partial charge in [0.05, 0.1) is 11.3 Å². The zero-order valence-electron chi connectivity index (χ0n) is 20.4. The second kappa shape index (κ2) is 10.3. The number of alkyl halides is 3. The molecule has 4 aromatic rings. The number of halogens is 5. The molecule has 39 heavy (non-hydrogen) atoms. The lowest BCUT2D eigenvalue weighted by Crippen LogP contribution is -2.55. The molecule has 11 heteroatoms. The minimum absolute atomic E-state index is 0.225. The van der Waals surface area contributed by atoms with Gasteiger partial charge in [-0.25, -0.2) is 9.07 Å². The number of likely N-dealkylation sites (N-methyl/N-ethyl adjacent to an activating group) is 1. The molecule has 1 N–H and O–H groups in total. The van der Waals surface area contributed by atoms with Crippen LogP contribution in [-0.2, 0) is 11.0 Å². The predicted octanol–water partition coefficient (Wildman–Crippen LogP) is 6.09. The third-order valence-corrected chi connectivity index (χ3v) is 7.15. The van der Waals surface area contributed by atoms with E-state index in [2.05, 4.69) is 26.3 Å². The van der Waals surface area contributed by atoms with E-state index < -0.39 is 41.3 Å². The molecule has 1 aromatic heterocycles. The maximum atomic E-state index is 14.0. The second-order valence-electron chi connectivity index (χ2n) is 8.92. The van der Waals surface area contributed by atoms with Crippen molar-refractivity contribution in [1.82, 2.24) is 15.1 Å². The molecule has 0 saturated carbocycles. The van der Waals surface area contributed by atoms with Crippen molar-refractivity contribution in [1.29, 1.82) is 0 Å². The highest BCUT2D eigenvalue weighted by Crippen LogP contribution is 2.45. The highest BCUT2D eigenvalue weighted by molar-refractivity contribution is 9.10. The van der Waals surface area contributed by atoms with Crippen molar-refractivity contribution < 1.29 is 27.2 Å². The summed E-state index contributed by atoms with van der Waals surface area (Å²) in [5, 5.41) is 7.29. The molecule has 2 atom stereocenters. The van der Waals surface area contributed by atoms with Crippen LogP contribution in [0, 0.1) is 5.82 Å². The Kier molecular flexibility index (Phi) is 7.02. The highest BCUT2D eigenvalue weighted by atomic mass is 79.9. The van der Waals surface area contributed by atoms with Crippen molar-refractivity contribution >= 4 is 33.6 Å². The van der Waals surface area contributed by atoms with Gasteiger partial charge in [-0.1, -0.05) is 36.4 Å². The molecule has 5 rings (SSSR count). The fourth-order valence-electron chi connectivity index (χ4n) is 4.79. The number of anilines is 1. The van der Waals surface area contributed by atoms with Crippen LogP contribution in [0.1, 0.15) is 39.9 Å². The number of hydrogen-bond acceptors (Lipinski definition) is 3. The van der Waals surface area contributed by atoms with E-state index in [1.165, 1.54) is 35.2 Å². The highest BCUT2D eigenvalue weighted by Gasteiger charge is 2.46. The summed E-state index contributed by atoms with van der Waals surface area (Å²) in [7, 11) is 0. The van der Waals surface area contributed by atoms with E-state index in [1.54, 1.807) is 11.6 Å². The molecule has 200 valence electrons. The summed E-state index contributed by atoms with van der Waals surface area (Å²) < 4.78 is 55.7. The van der Waals surface area contributed by atoms with Crippen LogP contribution in [0.3, 0.4) is 0 Å². The van der Waals surface area contributed by atoms with Crippen molar-refractivity contribution in [2.24, 2.45) is 0 Å². The number of hydrogen-bond donors (Lipinski definition) is 1. The van der Waals surface area contributed by atoms with E-state index in [0.717, 1.165) is 18.2 Å². The number of amides is 2. The van der Waals surface area contributed by atoms with Gasteiger partial charge in [-0.15, -0.1) is 0 Å². The molecule has 0 aliphatic carbocycles. The van der Waals surface area contributed by atoms with Gasteiger partial charge in [0.2, 0.25) is 0 Å². The van der Waals surface area contributed by atoms with Crippen LogP contribution in [0.4, 0.5) is 23.4 Å². The topological polar surface area (TPSA) is 67.2 Å². The van der Waals surface area contributed by atoms with Crippen LogP contribution in [0.2, 0.25) is 0 Å². The minimum atomic E-state index is -4.64. The summed E-state index contributed by atoms with van der Waals surface area (Å²) in [6, 6.07) is 17.4. The molecule has 0 bridgehead atoms. The number of nitrogens with one attached hydrogen (secondary N) is 1. The third kappa shape index (κ3) is 4.94. The number of benzene rings is 3. The van der Waals surface area contributed by atoms with Gasteiger partial charge < -0.3 is 5.32 Å². The van der Waals surface area contributed by atoms with Gasteiger partial charge in [-0.2, -0.15) is 18.3 Å². The Morgan fingerprint density at radius 3 is 2.36 bits per heavy atom. The van der Waals surface area contributed by atoms with Crippen LogP contribution in [0.25, 0.3) is 5.69 Å². The van der Waals surface area contributed by atoms with E-state index in [4.69, 9.17) is 0 Å². The van der Waals surface area contributed by atoms with Crippen molar-refractivity contribution in [3.63, 3.8) is 0 Å². The van der Waals surface area contributed by atoms with Crippen molar-refractivity contribution in [2.45, 2.75) is 25.1 Å². The smallest absolute Gasteiger partial charge is 0.339 e. The second-order valence-corrected chi connectivity index (χ2v) is 9.67. The van der Waals surface area contributed by atoms with Gasteiger partial charge in [0.15, 0.2) is 0 Å². The van der Waals surface area contributed by atoms with Crippen molar-refractivity contribution in [3.8, 4) is 5.69 Å². The van der Waals surface area contributed by atoms with Crippen LogP contribution in [0.5, 0.6) is 0 Å². The summed E-state index contributed by atoms with van der Waals surface area (Å²) in [5.41, 5.74) is 0.550. The zero-order valence-corrected chi connectivity index (χ0v) is 22.0. The normalized spacial score (nSPS) is 17.2. The summed E-state index contributed by atoms with van der Waals surface area (Å²) in [4.78, 5) is 28.7. The largest absolute Gasteiger partial charge is 0.416 e. The Hall–Kier alpha value is -3.99. The Bertz CT molecular complexity index is 1540. The standard InChI is InChI=1S/C28H21BrF4N4O2/c1-2-36-26-22(24(29)35-37(26)20-9-4-3-5-10-20)21(16-11-13-19(30)14-12-16)23(27(36)39)34-25(38)17-7-6-8-18(15-17)28(31,32)33/h3-15,21,23H,2H2,1H3,(H,34,38)/t21-,23+/m0/s1. The maximum absolute atomic E-state index is 14.0. The molecule has 6 nitrogen and oxygen atoms in total. The Labute approximate surface area is 229 Å². The average molecular weight is 601 g/mol. The number of rotatable bonds is 5.